The Kier molecular flexibility index (Phi) is 9.55. The number of rotatable bonds is 9. The Morgan fingerprint density at radius 2 is 1.97 bits per heavy atom. The lowest BCUT2D eigenvalue weighted by atomic mass is 10.2. The molecule has 1 aromatic carbocycles. The van der Waals surface area contributed by atoms with Gasteiger partial charge in [0.2, 0.25) is 5.91 Å². The summed E-state index contributed by atoms with van der Waals surface area (Å²) in [5.41, 5.74) is 1.25. The van der Waals surface area contributed by atoms with Gasteiger partial charge in [-0.25, -0.2) is 4.99 Å². The summed E-state index contributed by atoms with van der Waals surface area (Å²) in [6.45, 7) is 4.87. The molecule has 7 nitrogen and oxygen atoms in total. The van der Waals surface area contributed by atoms with Crippen LogP contribution in [0.4, 0.5) is 0 Å². The van der Waals surface area contributed by atoms with Crippen LogP contribution in [0.3, 0.4) is 0 Å². The van der Waals surface area contributed by atoms with Crippen LogP contribution in [0.15, 0.2) is 64.3 Å². The van der Waals surface area contributed by atoms with Gasteiger partial charge < -0.3 is 24.9 Å². The molecule has 0 spiro atoms. The number of furan rings is 1. The molecule has 3 N–H and O–H groups in total. The Morgan fingerprint density at radius 1 is 1.10 bits per heavy atom. The van der Waals surface area contributed by atoms with E-state index in [1.807, 2.05) is 13.0 Å². The second-order valence-electron chi connectivity index (χ2n) is 6.40. The fourth-order valence-electron chi connectivity index (χ4n) is 2.94. The molecule has 0 aliphatic rings. The van der Waals surface area contributed by atoms with Crippen molar-refractivity contribution in [3.05, 3.63) is 60.7 Å². The van der Waals surface area contributed by atoms with E-state index in [0.717, 1.165) is 31.8 Å². The van der Waals surface area contributed by atoms with Gasteiger partial charge in [-0.1, -0.05) is 18.2 Å². The molecule has 0 saturated carbocycles. The van der Waals surface area contributed by atoms with E-state index in [0.29, 0.717) is 12.5 Å². The number of amides is 1. The number of carbonyl (C=O) groups is 1. The average molecular weight is 509 g/mol. The SMILES string of the molecule is CCNC(=NCC(=O)NCc1ccco1)NCCCn1ccc2ccccc21.I. The summed E-state index contributed by atoms with van der Waals surface area (Å²) in [7, 11) is 0. The minimum absolute atomic E-state index is 0. The Morgan fingerprint density at radius 3 is 2.76 bits per heavy atom. The van der Waals surface area contributed by atoms with Crippen molar-refractivity contribution < 1.29 is 9.21 Å². The second kappa shape index (κ2) is 12.2. The first-order valence-electron chi connectivity index (χ1n) is 9.61. The standard InChI is InChI=1S/C21H27N5O2.HI/c1-2-22-21(25-16-20(27)24-15-18-8-5-14-28-18)23-11-6-12-26-13-10-17-7-3-4-9-19(17)26;/h3-5,7-10,13-14H,2,6,11-12,15-16H2,1H3,(H,24,27)(H2,22,23,25);1H. The maximum Gasteiger partial charge on any atom is 0.242 e. The van der Waals surface area contributed by atoms with Gasteiger partial charge in [0.15, 0.2) is 5.96 Å². The first-order chi connectivity index (χ1) is 13.8. The summed E-state index contributed by atoms with van der Waals surface area (Å²) in [4.78, 5) is 16.3. The number of nitrogens with one attached hydrogen (secondary N) is 3. The van der Waals surface area contributed by atoms with E-state index in [1.54, 1.807) is 12.3 Å². The number of aromatic nitrogens is 1. The maximum absolute atomic E-state index is 11.9. The topological polar surface area (TPSA) is 83.6 Å². The van der Waals surface area contributed by atoms with Gasteiger partial charge in [-0.3, -0.25) is 4.79 Å². The van der Waals surface area contributed by atoms with Crippen molar-refractivity contribution in [2.45, 2.75) is 26.4 Å². The lowest BCUT2D eigenvalue weighted by molar-refractivity contribution is -0.119. The minimum Gasteiger partial charge on any atom is -0.467 e. The predicted octanol–water partition coefficient (Wildman–Crippen LogP) is 3.11. The van der Waals surface area contributed by atoms with Crippen LogP contribution >= 0.6 is 24.0 Å². The molecule has 0 aliphatic carbocycles. The van der Waals surface area contributed by atoms with E-state index >= 15 is 0 Å². The number of fused-ring (bicyclic) bond motifs is 1. The van der Waals surface area contributed by atoms with Gasteiger partial charge in [0.25, 0.3) is 0 Å². The van der Waals surface area contributed by atoms with Crippen molar-refractivity contribution in [1.29, 1.82) is 0 Å². The molecule has 8 heteroatoms. The first kappa shape index (κ1) is 22.8. The molecular weight excluding hydrogens is 481 g/mol. The minimum atomic E-state index is -0.146. The van der Waals surface area contributed by atoms with Gasteiger partial charge in [0.05, 0.1) is 12.8 Å². The molecule has 2 heterocycles. The van der Waals surface area contributed by atoms with Crippen LogP contribution < -0.4 is 16.0 Å². The monoisotopic (exact) mass is 509 g/mol. The second-order valence-corrected chi connectivity index (χ2v) is 6.40. The van der Waals surface area contributed by atoms with Crippen LogP contribution in [-0.2, 0) is 17.9 Å². The summed E-state index contributed by atoms with van der Waals surface area (Å²) in [5.74, 6) is 1.22. The van der Waals surface area contributed by atoms with Crippen LogP contribution in [0.1, 0.15) is 19.1 Å². The quantitative estimate of drug-likeness (QED) is 0.179. The number of benzene rings is 1. The Balaban J connectivity index is 0.00000300. The van der Waals surface area contributed by atoms with Gasteiger partial charge in [-0.15, -0.1) is 24.0 Å². The third kappa shape index (κ3) is 7.12. The van der Waals surface area contributed by atoms with Crippen molar-refractivity contribution in [3.8, 4) is 0 Å². The van der Waals surface area contributed by atoms with Crippen LogP contribution in [0, 0.1) is 0 Å². The first-order valence-corrected chi connectivity index (χ1v) is 9.61. The fraction of sp³-hybridized carbons (Fsp3) is 0.333. The van der Waals surface area contributed by atoms with E-state index in [1.165, 1.54) is 10.9 Å². The third-order valence-corrected chi connectivity index (χ3v) is 4.31. The summed E-state index contributed by atoms with van der Waals surface area (Å²) >= 11 is 0. The number of halogens is 1. The Bertz CT molecular complexity index is 905. The van der Waals surface area contributed by atoms with Crippen molar-refractivity contribution >= 4 is 46.7 Å². The molecule has 0 atom stereocenters. The predicted molar refractivity (Wildman–Crippen MR) is 127 cm³/mol. The molecule has 0 bridgehead atoms. The van der Waals surface area contributed by atoms with E-state index in [-0.39, 0.29) is 36.4 Å². The molecule has 0 radical (unpaired) electrons. The number of hydrogen-bond donors (Lipinski definition) is 3. The van der Waals surface area contributed by atoms with Gasteiger partial charge >= 0.3 is 0 Å². The van der Waals surface area contributed by atoms with Crippen LogP contribution in [0.25, 0.3) is 10.9 Å². The van der Waals surface area contributed by atoms with Crippen molar-refractivity contribution in [2.24, 2.45) is 4.99 Å². The molecule has 0 saturated heterocycles. The molecule has 3 rings (SSSR count). The lowest BCUT2D eigenvalue weighted by Crippen LogP contribution is -2.39. The van der Waals surface area contributed by atoms with E-state index < -0.39 is 0 Å². The number of carbonyl (C=O) groups excluding carboxylic acids is 1. The largest absolute Gasteiger partial charge is 0.467 e. The summed E-state index contributed by atoms with van der Waals surface area (Å²) in [6.07, 6.45) is 4.66. The van der Waals surface area contributed by atoms with Gasteiger partial charge in [-0.05, 0) is 43.0 Å². The highest BCUT2D eigenvalue weighted by Crippen LogP contribution is 2.15. The molecular formula is C21H28IN5O2. The third-order valence-electron chi connectivity index (χ3n) is 4.31. The van der Waals surface area contributed by atoms with E-state index in [2.05, 4.69) is 62.0 Å². The Labute approximate surface area is 188 Å². The van der Waals surface area contributed by atoms with Crippen molar-refractivity contribution in [3.63, 3.8) is 0 Å². The number of guanidine groups is 1. The summed E-state index contributed by atoms with van der Waals surface area (Å²) in [6, 6.07) is 14.1. The molecule has 0 aliphatic heterocycles. The van der Waals surface area contributed by atoms with Crippen LogP contribution in [0.2, 0.25) is 0 Å². The highest BCUT2D eigenvalue weighted by Gasteiger charge is 2.04. The molecule has 0 unspecified atom stereocenters. The van der Waals surface area contributed by atoms with E-state index in [4.69, 9.17) is 4.42 Å². The van der Waals surface area contributed by atoms with Gasteiger partial charge in [0, 0.05) is 31.3 Å². The van der Waals surface area contributed by atoms with Crippen molar-refractivity contribution in [1.82, 2.24) is 20.5 Å². The highest BCUT2D eigenvalue weighted by molar-refractivity contribution is 14.0. The lowest BCUT2D eigenvalue weighted by Gasteiger charge is -2.12. The van der Waals surface area contributed by atoms with Gasteiger partial charge in [0.1, 0.15) is 12.3 Å². The number of aryl methyl sites for hydroxylation is 1. The molecule has 1 amide bonds. The van der Waals surface area contributed by atoms with E-state index in [9.17, 15) is 4.79 Å². The molecule has 29 heavy (non-hydrogen) atoms. The normalized spacial score (nSPS) is 11.1. The van der Waals surface area contributed by atoms with Crippen LogP contribution in [-0.4, -0.2) is 36.1 Å². The highest BCUT2D eigenvalue weighted by atomic mass is 127. The number of nitrogens with zero attached hydrogens (tertiary/aromatic N) is 2. The fourth-order valence-corrected chi connectivity index (χ4v) is 2.94. The summed E-state index contributed by atoms with van der Waals surface area (Å²) < 4.78 is 7.45. The van der Waals surface area contributed by atoms with Crippen molar-refractivity contribution in [2.75, 3.05) is 19.6 Å². The molecule has 2 aromatic heterocycles. The average Bonchev–Trinajstić information content (AvgIpc) is 3.37. The van der Waals surface area contributed by atoms with Crippen LogP contribution in [0.5, 0.6) is 0 Å². The zero-order chi connectivity index (χ0) is 19.6. The maximum atomic E-state index is 11.9. The van der Waals surface area contributed by atoms with Gasteiger partial charge in [-0.2, -0.15) is 0 Å². The zero-order valence-electron chi connectivity index (χ0n) is 16.6. The molecule has 156 valence electrons. The molecule has 3 aromatic rings. The number of para-hydroxylation sites is 1. The number of aliphatic imine (C=N–C) groups is 1. The molecule has 0 fully saturated rings. The number of hydrogen-bond acceptors (Lipinski definition) is 3. The summed E-state index contributed by atoms with van der Waals surface area (Å²) in [5, 5.41) is 10.5. The zero-order valence-corrected chi connectivity index (χ0v) is 18.9. The Hall–Kier alpha value is -2.49. The smallest absolute Gasteiger partial charge is 0.242 e.